The standard InChI is InChI=1S/C9H18NO2/c1-8(11)9(12)4-6-10(2,3)7-5-9/h12H,4-7H2,1-3H3/q+1. The lowest BCUT2D eigenvalue weighted by Gasteiger charge is -2.40. The number of ketones is 1. The van der Waals surface area contributed by atoms with Crippen LogP contribution in [0.2, 0.25) is 0 Å². The number of piperidine rings is 1. The average molecular weight is 172 g/mol. The van der Waals surface area contributed by atoms with Crippen LogP contribution in [0, 0.1) is 0 Å². The molecular formula is C9H18NO2+. The highest BCUT2D eigenvalue weighted by molar-refractivity contribution is 5.84. The summed E-state index contributed by atoms with van der Waals surface area (Å²) in [4.78, 5) is 11.1. The van der Waals surface area contributed by atoms with Crippen molar-refractivity contribution in [3.8, 4) is 0 Å². The number of hydrogen-bond acceptors (Lipinski definition) is 2. The van der Waals surface area contributed by atoms with E-state index in [-0.39, 0.29) is 5.78 Å². The first-order chi connectivity index (χ1) is 5.36. The highest BCUT2D eigenvalue weighted by atomic mass is 16.3. The number of hydrogen-bond donors (Lipinski definition) is 1. The van der Waals surface area contributed by atoms with Crippen LogP contribution >= 0.6 is 0 Å². The van der Waals surface area contributed by atoms with Crippen LogP contribution in [0.15, 0.2) is 0 Å². The fraction of sp³-hybridized carbons (Fsp3) is 0.889. The minimum atomic E-state index is -1.02. The van der Waals surface area contributed by atoms with E-state index in [4.69, 9.17) is 0 Å². The number of Topliss-reactive ketones (excluding diaryl/α,β-unsaturated/α-hetero) is 1. The van der Waals surface area contributed by atoms with E-state index in [1.54, 1.807) is 0 Å². The first-order valence-electron chi connectivity index (χ1n) is 4.41. The molecule has 1 N–H and O–H groups in total. The Morgan fingerprint density at radius 1 is 1.33 bits per heavy atom. The first-order valence-corrected chi connectivity index (χ1v) is 4.41. The number of rotatable bonds is 1. The third-order valence-electron chi connectivity index (χ3n) is 2.92. The molecule has 0 spiro atoms. The highest BCUT2D eigenvalue weighted by Crippen LogP contribution is 2.25. The van der Waals surface area contributed by atoms with Crippen molar-refractivity contribution in [2.75, 3.05) is 27.2 Å². The number of carbonyl (C=O) groups is 1. The summed E-state index contributed by atoms with van der Waals surface area (Å²) in [6.45, 7) is 3.25. The number of likely N-dealkylation sites (tertiary alicyclic amines) is 1. The van der Waals surface area contributed by atoms with E-state index in [1.807, 2.05) is 0 Å². The van der Waals surface area contributed by atoms with Crippen molar-refractivity contribution in [1.82, 2.24) is 0 Å². The maximum Gasteiger partial charge on any atom is 0.161 e. The predicted octanol–water partition coefficient (Wildman–Crippen LogP) is 0.177. The Morgan fingerprint density at radius 3 is 2.08 bits per heavy atom. The zero-order valence-corrected chi connectivity index (χ0v) is 8.13. The minimum Gasteiger partial charge on any atom is -0.382 e. The van der Waals surface area contributed by atoms with Gasteiger partial charge in [-0.1, -0.05) is 0 Å². The summed E-state index contributed by atoms with van der Waals surface area (Å²) in [5.41, 5.74) is -1.02. The van der Waals surface area contributed by atoms with Gasteiger partial charge in [0, 0.05) is 12.8 Å². The fourth-order valence-electron chi connectivity index (χ4n) is 1.56. The van der Waals surface area contributed by atoms with Gasteiger partial charge in [-0.2, -0.15) is 0 Å². The Balaban J connectivity index is 2.62. The van der Waals surface area contributed by atoms with Gasteiger partial charge in [0.15, 0.2) is 5.78 Å². The number of nitrogens with zero attached hydrogens (tertiary/aromatic N) is 1. The molecule has 70 valence electrons. The maximum atomic E-state index is 11.1. The van der Waals surface area contributed by atoms with Crippen molar-refractivity contribution in [3.63, 3.8) is 0 Å². The van der Waals surface area contributed by atoms with Gasteiger partial charge in [0.1, 0.15) is 5.60 Å². The lowest BCUT2D eigenvalue weighted by atomic mass is 9.87. The number of quaternary nitrogens is 1. The van der Waals surface area contributed by atoms with Gasteiger partial charge in [0.2, 0.25) is 0 Å². The van der Waals surface area contributed by atoms with Crippen molar-refractivity contribution in [1.29, 1.82) is 0 Å². The number of carbonyl (C=O) groups excluding carboxylic acids is 1. The molecule has 1 saturated heterocycles. The van der Waals surface area contributed by atoms with Crippen molar-refractivity contribution < 1.29 is 14.4 Å². The second-order valence-electron chi connectivity index (χ2n) is 4.47. The molecule has 0 amide bonds. The van der Waals surface area contributed by atoms with E-state index >= 15 is 0 Å². The Hall–Kier alpha value is -0.410. The highest BCUT2D eigenvalue weighted by Gasteiger charge is 2.40. The smallest absolute Gasteiger partial charge is 0.161 e. The molecule has 0 atom stereocenters. The van der Waals surface area contributed by atoms with E-state index in [0.717, 1.165) is 17.6 Å². The Labute approximate surface area is 73.6 Å². The monoisotopic (exact) mass is 172 g/mol. The summed E-state index contributed by atoms with van der Waals surface area (Å²) in [7, 11) is 4.25. The molecule has 1 aliphatic rings. The van der Waals surface area contributed by atoms with Crippen molar-refractivity contribution in [2.45, 2.75) is 25.4 Å². The normalized spacial score (nSPS) is 26.7. The molecule has 0 aromatic carbocycles. The summed E-state index contributed by atoms with van der Waals surface area (Å²) in [6, 6.07) is 0. The van der Waals surface area contributed by atoms with Crippen LogP contribution in [0.25, 0.3) is 0 Å². The van der Waals surface area contributed by atoms with Gasteiger partial charge in [0.05, 0.1) is 27.2 Å². The van der Waals surface area contributed by atoms with Gasteiger partial charge in [-0.25, -0.2) is 0 Å². The van der Waals surface area contributed by atoms with Crippen LogP contribution in [-0.2, 0) is 4.79 Å². The lowest BCUT2D eigenvalue weighted by molar-refractivity contribution is -0.896. The quantitative estimate of drug-likeness (QED) is 0.573. The molecule has 1 fully saturated rings. The van der Waals surface area contributed by atoms with Crippen LogP contribution in [0.4, 0.5) is 0 Å². The molecule has 1 rings (SSSR count). The zero-order chi connectivity index (χ0) is 9.41. The molecule has 3 heteroatoms. The summed E-state index contributed by atoms with van der Waals surface area (Å²) < 4.78 is 0.912. The maximum absolute atomic E-state index is 11.1. The van der Waals surface area contributed by atoms with E-state index in [2.05, 4.69) is 14.1 Å². The summed E-state index contributed by atoms with van der Waals surface area (Å²) in [6.07, 6.45) is 1.21. The van der Waals surface area contributed by atoms with Crippen LogP contribution in [0.3, 0.4) is 0 Å². The largest absolute Gasteiger partial charge is 0.382 e. The molecule has 12 heavy (non-hydrogen) atoms. The van der Waals surface area contributed by atoms with E-state index in [0.29, 0.717) is 12.8 Å². The van der Waals surface area contributed by atoms with E-state index in [1.165, 1.54) is 6.92 Å². The van der Waals surface area contributed by atoms with Gasteiger partial charge >= 0.3 is 0 Å². The fourth-order valence-corrected chi connectivity index (χ4v) is 1.56. The Morgan fingerprint density at radius 2 is 1.75 bits per heavy atom. The molecule has 0 saturated carbocycles. The predicted molar refractivity (Wildman–Crippen MR) is 46.7 cm³/mol. The van der Waals surface area contributed by atoms with Crippen LogP contribution in [-0.4, -0.2) is 48.2 Å². The summed E-state index contributed by atoms with van der Waals surface area (Å²) in [5, 5.41) is 9.82. The summed E-state index contributed by atoms with van der Waals surface area (Å²) in [5.74, 6) is -0.0813. The zero-order valence-electron chi connectivity index (χ0n) is 8.13. The SMILES string of the molecule is CC(=O)C1(O)CC[N+](C)(C)CC1. The third kappa shape index (κ3) is 1.84. The molecular weight excluding hydrogens is 154 g/mol. The van der Waals surface area contributed by atoms with Crippen LogP contribution < -0.4 is 0 Å². The molecule has 0 unspecified atom stereocenters. The van der Waals surface area contributed by atoms with Gasteiger partial charge < -0.3 is 9.59 Å². The molecule has 0 aliphatic carbocycles. The molecule has 0 radical (unpaired) electrons. The first kappa shape index (κ1) is 9.68. The Kier molecular flexibility index (Phi) is 2.27. The topological polar surface area (TPSA) is 37.3 Å². The van der Waals surface area contributed by atoms with Gasteiger partial charge in [-0.3, -0.25) is 4.79 Å². The second kappa shape index (κ2) is 2.82. The van der Waals surface area contributed by atoms with Crippen molar-refractivity contribution in [2.24, 2.45) is 0 Å². The second-order valence-corrected chi connectivity index (χ2v) is 4.47. The average Bonchev–Trinajstić information content (AvgIpc) is 1.96. The molecule has 1 aliphatic heterocycles. The number of aliphatic hydroxyl groups is 1. The third-order valence-corrected chi connectivity index (χ3v) is 2.92. The van der Waals surface area contributed by atoms with E-state index < -0.39 is 5.60 Å². The molecule has 0 aromatic rings. The lowest BCUT2D eigenvalue weighted by Crippen LogP contribution is -2.54. The molecule has 0 aromatic heterocycles. The van der Waals surface area contributed by atoms with Gasteiger partial charge in [0.25, 0.3) is 0 Å². The Bertz CT molecular complexity index is 189. The van der Waals surface area contributed by atoms with Gasteiger partial charge in [-0.05, 0) is 6.92 Å². The van der Waals surface area contributed by atoms with Gasteiger partial charge in [-0.15, -0.1) is 0 Å². The van der Waals surface area contributed by atoms with Crippen molar-refractivity contribution >= 4 is 5.78 Å². The molecule has 3 nitrogen and oxygen atoms in total. The van der Waals surface area contributed by atoms with Crippen molar-refractivity contribution in [3.05, 3.63) is 0 Å². The molecule has 1 heterocycles. The van der Waals surface area contributed by atoms with Crippen LogP contribution in [0.1, 0.15) is 19.8 Å². The summed E-state index contributed by atoms with van der Waals surface area (Å²) >= 11 is 0. The van der Waals surface area contributed by atoms with E-state index in [9.17, 15) is 9.90 Å². The molecule has 0 bridgehead atoms. The van der Waals surface area contributed by atoms with Crippen LogP contribution in [0.5, 0.6) is 0 Å². The minimum absolute atomic E-state index is 0.0813.